The van der Waals surface area contributed by atoms with Crippen LogP contribution in [-0.2, 0) is 4.79 Å². The van der Waals surface area contributed by atoms with Crippen molar-refractivity contribution in [2.45, 2.75) is 18.9 Å². The van der Waals surface area contributed by atoms with Crippen molar-refractivity contribution in [1.29, 1.82) is 0 Å². The smallest absolute Gasteiger partial charge is 0.256 e. The number of carbonyl (C=O) groups excluding carboxylic acids is 2. The molecule has 1 aliphatic heterocycles. The molecule has 0 aromatic heterocycles. The molecule has 1 aliphatic carbocycles. The van der Waals surface area contributed by atoms with E-state index in [1.54, 1.807) is 11.0 Å². The molecule has 6 nitrogen and oxygen atoms in total. The Morgan fingerprint density at radius 2 is 1.96 bits per heavy atom. The van der Waals surface area contributed by atoms with Crippen molar-refractivity contribution in [3.8, 4) is 5.75 Å². The molecule has 3 rings (SSSR count). The average Bonchev–Trinajstić information content (AvgIpc) is 3.38. The van der Waals surface area contributed by atoms with Crippen molar-refractivity contribution in [3.63, 3.8) is 0 Å². The number of rotatable bonds is 5. The van der Waals surface area contributed by atoms with Crippen molar-refractivity contribution < 1.29 is 18.7 Å². The number of ether oxygens (including phenoxy) is 1. The highest BCUT2D eigenvalue weighted by molar-refractivity contribution is 5.94. The van der Waals surface area contributed by atoms with Crippen LogP contribution in [0.3, 0.4) is 0 Å². The summed E-state index contributed by atoms with van der Waals surface area (Å²) in [7, 11) is 1.45. The molecule has 130 valence electrons. The molecule has 1 N–H and O–H groups in total. The van der Waals surface area contributed by atoms with Crippen LogP contribution in [0.5, 0.6) is 5.75 Å². The highest BCUT2D eigenvalue weighted by Gasteiger charge is 2.27. The van der Waals surface area contributed by atoms with Gasteiger partial charge in [-0.15, -0.1) is 0 Å². The molecule has 0 atom stereocenters. The van der Waals surface area contributed by atoms with Gasteiger partial charge in [0.05, 0.1) is 19.2 Å². The van der Waals surface area contributed by atoms with Gasteiger partial charge in [-0.25, -0.2) is 4.39 Å². The van der Waals surface area contributed by atoms with Crippen molar-refractivity contribution in [1.82, 2.24) is 15.1 Å². The van der Waals surface area contributed by atoms with E-state index in [1.165, 1.54) is 19.2 Å². The quantitative estimate of drug-likeness (QED) is 0.867. The number of nitrogens with one attached hydrogen (secondary N) is 1. The summed E-state index contributed by atoms with van der Waals surface area (Å²) in [5, 5.41) is 2.96. The van der Waals surface area contributed by atoms with Crippen LogP contribution in [0.25, 0.3) is 0 Å². The number of piperazine rings is 1. The fourth-order valence-corrected chi connectivity index (χ4v) is 2.78. The third-order valence-electron chi connectivity index (χ3n) is 4.38. The van der Waals surface area contributed by atoms with Gasteiger partial charge in [-0.1, -0.05) is 0 Å². The monoisotopic (exact) mass is 335 g/mol. The first-order valence-electron chi connectivity index (χ1n) is 8.21. The van der Waals surface area contributed by atoms with Crippen LogP contribution in [0.15, 0.2) is 18.2 Å². The maximum absolute atomic E-state index is 14.0. The van der Waals surface area contributed by atoms with E-state index in [4.69, 9.17) is 4.74 Å². The zero-order chi connectivity index (χ0) is 17.1. The Morgan fingerprint density at radius 3 is 2.54 bits per heavy atom. The average molecular weight is 335 g/mol. The minimum Gasteiger partial charge on any atom is -0.497 e. The zero-order valence-electron chi connectivity index (χ0n) is 13.8. The molecule has 2 fully saturated rings. The molecule has 0 radical (unpaired) electrons. The van der Waals surface area contributed by atoms with E-state index in [1.807, 2.05) is 4.90 Å². The van der Waals surface area contributed by atoms with Gasteiger partial charge >= 0.3 is 0 Å². The summed E-state index contributed by atoms with van der Waals surface area (Å²) in [5.41, 5.74) is 0.0516. The van der Waals surface area contributed by atoms with Crippen LogP contribution in [0, 0.1) is 5.82 Å². The van der Waals surface area contributed by atoms with Gasteiger partial charge in [-0.3, -0.25) is 14.5 Å². The highest BCUT2D eigenvalue weighted by Crippen LogP contribution is 2.19. The van der Waals surface area contributed by atoms with E-state index in [-0.39, 0.29) is 17.4 Å². The minimum atomic E-state index is -0.578. The molecule has 1 saturated carbocycles. The van der Waals surface area contributed by atoms with Crippen molar-refractivity contribution in [2.24, 2.45) is 0 Å². The summed E-state index contributed by atoms with van der Waals surface area (Å²) in [6.07, 6.45) is 2.14. The Balaban J connectivity index is 1.52. The lowest BCUT2D eigenvalue weighted by Gasteiger charge is -2.34. The number of halogens is 1. The van der Waals surface area contributed by atoms with Gasteiger partial charge in [0.25, 0.3) is 5.91 Å². The van der Waals surface area contributed by atoms with Gasteiger partial charge in [0, 0.05) is 38.3 Å². The molecule has 7 heteroatoms. The second kappa shape index (κ2) is 7.17. The number of methoxy groups -OCH3 is 1. The molecular weight excluding hydrogens is 313 g/mol. The van der Waals surface area contributed by atoms with E-state index in [0.717, 1.165) is 12.8 Å². The minimum absolute atomic E-state index is 0.0403. The lowest BCUT2D eigenvalue weighted by atomic mass is 10.1. The summed E-state index contributed by atoms with van der Waals surface area (Å²) in [4.78, 5) is 27.9. The van der Waals surface area contributed by atoms with E-state index in [2.05, 4.69) is 5.32 Å². The van der Waals surface area contributed by atoms with E-state index in [0.29, 0.717) is 44.5 Å². The fraction of sp³-hybridized carbons (Fsp3) is 0.529. The maximum Gasteiger partial charge on any atom is 0.256 e. The number of hydrogen-bond acceptors (Lipinski definition) is 4. The Hall–Kier alpha value is -2.15. The van der Waals surface area contributed by atoms with Gasteiger partial charge in [-0.2, -0.15) is 0 Å². The Morgan fingerprint density at radius 1 is 1.25 bits per heavy atom. The fourth-order valence-electron chi connectivity index (χ4n) is 2.78. The number of nitrogens with zero attached hydrogens (tertiary/aromatic N) is 2. The predicted octanol–water partition coefficient (Wildman–Crippen LogP) is 0.871. The predicted molar refractivity (Wildman–Crippen MR) is 86.5 cm³/mol. The van der Waals surface area contributed by atoms with Gasteiger partial charge < -0.3 is 15.0 Å². The van der Waals surface area contributed by atoms with Gasteiger partial charge in [0.15, 0.2) is 0 Å². The van der Waals surface area contributed by atoms with Crippen molar-refractivity contribution in [2.75, 3.05) is 39.8 Å². The van der Waals surface area contributed by atoms with Crippen LogP contribution >= 0.6 is 0 Å². The Labute approximate surface area is 140 Å². The van der Waals surface area contributed by atoms with E-state index >= 15 is 0 Å². The van der Waals surface area contributed by atoms with Crippen molar-refractivity contribution >= 4 is 11.8 Å². The first-order valence-corrected chi connectivity index (χ1v) is 8.21. The summed E-state index contributed by atoms with van der Waals surface area (Å²) < 4.78 is 19.0. The normalized spacial score (nSPS) is 18.3. The Kier molecular flexibility index (Phi) is 4.99. The molecule has 1 aromatic carbocycles. The third kappa shape index (κ3) is 4.03. The van der Waals surface area contributed by atoms with Gasteiger partial charge in [0.1, 0.15) is 11.6 Å². The molecule has 0 bridgehead atoms. The topological polar surface area (TPSA) is 61.9 Å². The molecule has 24 heavy (non-hydrogen) atoms. The second-order valence-corrected chi connectivity index (χ2v) is 6.26. The maximum atomic E-state index is 14.0. The van der Waals surface area contributed by atoms with Crippen LogP contribution in [0.2, 0.25) is 0 Å². The standard InChI is InChI=1S/C17H22FN3O3/c1-24-13-4-5-14(15(18)10-13)17(23)21-8-6-20(7-9-21)11-16(22)19-12-2-3-12/h4-5,10,12H,2-3,6-9,11H2,1H3,(H,19,22). The third-order valence-corrected chi connectivity index (χ3v) is 4.38. The second-order valence-electron chi connectivity index (χ2n) is 6.26. The van der Waals surface area contributed by atoms with Crippen LogP contribution in [0.4, 0.5) is 4.39 Å². The summed E-state index contributed by atoms with van der Waals surface area (Å²) >= 11 is 0. The molecular formula is C17H22FN3O3. The number of carbonyl (C=O) groups is 2. The molecule has 1 aromatic rings. The first-order chi connectivity index (χ1) is 11.6. The lowest BCUT2D eigenvalue weighted by molar-refractivity contribution is -0.122. The van der Waals surface area contributed by atoms with Crippen molar-refractivity contribution in [3.05, 3.63) is 29.6 Å². The molecule has 2 aliphatic rings. The van der Waals surface area contributed by atoms with Gasteiger partial charge in [-0.05, 0) is 25.0 Å². The summed E-state index contributed by atoms with van der Waals surface area (Å²) in [6.45, 7) is 2.56. The largest absolute Gasteiger partial charge is 0.497 e. The first kappa shape index (κ1) is 16.7. The zero-order valence-corrected chi connectivity index (χ0v) is 13.8. The van der Waals surface area contributed by atoms with Crippen LogP contribution < -0.4 is 10.1 Å². The van der Waals surface area contributed by atoms with Gasteiger partial charge in [0.2, 0.25) is 5.91 Å². The van der Waals surface area contributed by atoms with E-state index < -0.39 is 5.82 Å². The summed E-state index contributed by atoms with van der Waals surface area (Å²) in [5.74, 6) is -0.475. The Bertz CT molecular complexity index is 626. The summed E-state index contributed by atoms with van der Waals surface area (Å²) in [6, 6.07) is 4.60. The SMILES string of the molecule is COc1ccc(C(=O)N2CCN(CC(=O)NC3CC3)CC2)c(F)c1. The van der Waals surface area contributed by atoms with Crippen LogP contribution in [-0.4, -0.2) is 67.5 Å². The molecule has 1 heterocycles. The van der Waals surface area contributed by atoms with Crippen LogP contribution in [0.1, 0.15) is 23.2 Å². The van der Waals surface area contributed by atoms with E-state index in [9.17, 15) is 14.0 Å². The number of amides is 2. The highest BCUT2D eigenvalue weighted by atomic mass is 19.1. The molecule has 2 amide bonds. The number of benzene rings is 1. The molecule has 0 unspecified atom stereocenters. The lowest BCUT2D eigenvalue weighted by Crippen LogP contribution is -2.51. The number of hydrogen-bond donors (Lipinski definition) is 1. The molecule has 0 spiro atoms. The molecule has 1 saturated heterocycles.